The second kappa shape index (κ2) is 8.83. The molecule has 1 aromatic carbocycles. The monoisotopic (exact) mass is 331 g/mol. The molecule has 24 heavy (non-hydrogen) atoms. The van der Waals surface area contributed by atoms with Gasteiger partial charge in [-0.05, 0) is 76.9 Å². The number of piperidine rings is 1. The summed E-state index contributed by atoms with van der Waals surface area (Å²) in [5, 5.41) is 5.96. The van der Waals surface area contributed by atoms with E-state index in [0.29, 0.717) is 18.0 Å². The summed E-state index contributed by atoms with van der Waals surface area (Å²) >= 11 is 0. The van der Waals surface area contributed by atoms with Crippen molar-refractivity contribution in [2.45, 2.75) is 52.0 Å². The van der Waals surface area contributed by atoms with Crippen molar-refractivity contribution in [3.05, 3.63) is 29.3 Å². The van der Waals surface area contributed by atoms with Crippen molar-refractivity contribution >= 4 is 17.5 Å². The Bertz CT molecular complexity index is 586. The Morgan fingerprint density at radius 2 is 2.08 bits per heavy atom. The molecule has 2 amide bonds. The van der Waals surface area contributed by atoms with Crippen LogP contribution in [0, 0.1) is 6.92 Å². The predicted octanol–water partition coefficient (Wildman–Crippen LogP) is 2.95. The molecule has 1 fully saturated rings. The van der Waals surface area contributed by atoms with Crippen LogP contribution in [0.25, 0.3) is 0 Å². The number of likely N-dealkylation sites (tertiary alicyclic amines) is 1. The lowest BCUT2D eigenvalue weighted by Gasteiger charge is -2.33. The Morgan fingerprint density at radius 1 is 1.29 bits per heavy atom. The average molecular weight is 331 g/mol. The maximum atomic E-state index is 12.7. The van der Waals surface area contributed by atoms with Crippen LogP contribution in [0.3, 0.4) is 0 Å². The molecule has 1 aliphatic heterocycles. The van der Waals surface area contributed by atoms with Crippen LogP contribution in [0.1, 0.15) is 54.9 Å². The maximum absolute atomic E-state index is 12.7. The first-order valence-corrected chi connectivity index (χ1v) is 8.89. The number of aryl methyl sites for hydroxylation is 1. The fourth-order valence-corrected chi connectivity index (χ4v) is 3.14. The van der Waals surface area contributed by atoms with Gasteiger partial charge in [0.05, 0.1) is 0 Å². The van der Waals surface area contributed by atoms with E-state index in [4.69, 9.17) is 0 Å². The van der Waals surface area contributed by atoms with E-state index in [0.717, 1.165) is 43.6 Å². The number of nitrogens with one attached hydrogen (secondary N) is 2. The second-order valence-electron chi connectivity index (χ2n) is 6.63. The summed E-state index contributed by atoms with van der Waals surface area (Å²) in [5.74, 6) is 0.106. The Balaban J connectivity index is 2.01. The summed E-state index contributed by atoms with van der Waals surface area (Å²) in [6.07, 6.45) is 4.65. The Hall–Kier alpha value is -1.88. The van der Waals surface area contributed by atoms with Crippen molar-refractivity contribution in [1.82, 2.24) is 10.2 Å². The summed E-state index contributed by atoms with van der Waals surface area (Å²) in [5.41, 5.74) is 2.41. The van der Waals surface area contributed by atoms with E-state index in [1.165, 1.54) is 6.42 Å². The molecule has 1 saturated heterocycles. The summed E-state index contributed by atoms with van der Waals surface area (Å²) in [6.45, 7) is 5.71. The fraction of sp³-hybridized carbons (Fsp3) is 0.579. The van der Waals surface area contributed by atoms with E-state index >= 15 is 0 Å². The zero-order valence-electron chi connectivity index (χ0n) is 15.0. The van der Waals surface area contributed by atoms with Gasteiger partial charge < -0.3 is 15.5 Å². The fourth-order valence-electron chi connectivity index (χ4n) is 3.14. The molecule has 0 saturated carbocycles. The molecule has 1 atom stereocenters. The molecule has 0 aliphatic carbocycles. The van der Waals surface area contributed by atoms with Crippen LogP contribution in [0.5, 0.6) is 0 Å². The molecule has 1 aromatic rings. The van der Waals surface area contributed by atoms with Gasteiger partial charge in [-0.3, -0.25) is 9.59 Å². The molecule has 132 valence electrons. The van der Waals surface area contributed by atoms with Crippen molar-refractivity contribution in [3.8, 4) is 0 Å². The van der Waals surface area contributed by atoms with Gasteiger partial charge in [-0.1, -0.05) is 0 Å². The molecule has 2 rings (SSSR count). The third-order valence-corrected chi connectivity index (χ3v) is 4.64. The van der Waals surface area contributed by atoms with E-state index in [9.17, 15) is 9.59 Å². The van der Waals surface area contributed by atoms with Crippen molar-refractivity contribution in [1.29, 1.82) is 0 Å². The molecule has 1 heterocycles. The zero-order chi connectivity index (χ0) is 17.5. The minimum atomic E-state index is 0.0112. The molecule has 0 spiro atoms. The van der Waals surface area contributed by atoms with Crippen LogP contribution in [0.4, 0.5) is 5.69 Å². The van der Waals surface area contributed by atoms with Gasteiger partial charge in [0, 0.05) is 30.3 Å². The highest BCUT2D eigenvalue weighted by Gasteiger charge is 2.24. The standard InChI is InChI=1S/C19H29N3O2/c1-14-13-16(19(24)22-12-5-4-7-15(22)2)9-10-17(14)21-18(23)8-6-11-20-3/h9-10,13,15,20H,4-8,11-12H2,1-3H3,(H,21,23). The molecule has 1 aliphatic rings. The lowest BCUT2D eigenvalue weighted by molar-refractivity contribution is -0.116. The highest BCUT2D eigenvalue weighted by molar-refractivity contribution is 5.96. The van der Waals surface area contributed by atoms with E-state index in [-0.39, 0.29) is 11.8 Å². The third kappa shape index (κ3) is 4.81. The molecular formula is C19H29N3O2. The first-order valence-electron chi connectivity index (χ1n) is 8.89. The average Bonchev–Trinajstić information content (AvgIpc) is 2.57. The van der Waals surface area contributed by atoms with Gasteiger partial charge in [-0.15, -0.1) is 0 Å². The normalized spacial score (nSPS) is 17.6. The highest BCUT2D eigenvalue weighted by atomic mass is 16.2. The quantitative estimate of drug-likeness (QED) is 0.788. The number of carbonyl (C=O) groups excluding carboxylic acids is 2. The lowest BCUT2D eigenvalue weighted by Crippen LogP contribution is -2.42. The topological polar surface area (TPSA) is 61.4 Å². The van der Waals surface area contributed by atoms with Crippen molar-refractivity contribution < 1.29 is 9.59 Å². The summed E-state index contributed by atoms with van der Waals surface area (Å²) in [7, 11) is 1.88. The summed E-state index contributed by atoms with van der Waals surface area (Å²) in [6, 6.07) is 5.85. The minimum Gasteiger partial charge on any atom is -0.336 e. The maximum Gasteiger partial charge on any atom is 0.254 e. The van der Waals surface area contributed by atoms with Gasteiger partial charge in [-0.25, -0.2) is 0 Å². The molecule has 5 nitrogen and oxygen atoms in total. The third-order valence-electron chi connectivity index (χ3n) is 4.64. The van der Waals surface area contributed by atoms with E-state index in [1.54, 1.807) is 0 Å². The van der Waals surface area contributed by atoms with Crippen molar-refractivity contribution in [2.75, 3.05) is 25.5 Å². The first-order chi connectivity index (χ1) is 11.5. The highest BCUT2D eigenvalue weighted by Crippen LogP contribution is 2.22. The van der Waals surface area contributed by atoms with E-state index in [2.05, 4.69) is 17.6 Å². The molecule has 1 unspecified atom stereocenters. The van der Waals surface area contributed by atoms with Crippen LogP contribution in [0.2, 0.25) is 0 Å². The first kappa shape index (κ1) is 18.5. The lowest BCUT2D eigenvalue weighted by atomic mass is 10.0. The Morgan fingerprint density at radius 3 is 2.75 bits per heavy atom. The molecule has 0 bridgehead atoms. The van der Waals surface area contributed by atoms with E-state index in [1.807, 2.05) is 37.1 Å². The molecular weight excluding hydrogens is 302 g/mol. The largest absolute Gasteiger partial charge is 0.336 e. The summed E-state index contributed by atoms with van der Waals surface area (Å²) in [4.78, 5) is 26.6. The van der Waals surface area contributed by atoms with Gasteiger partial charge in [0.2, 0.25) is 5.91 Å². The molecule has 0 radical (unpaired) electrons. The van der Waals surface area contributed by atoms with E-state index < -0.39 is 0 Å². The van der Waals surface area contributed by atoms with Crippen molar-refractivity contribution in [3.63, 3.8) is 0 Å². The van der Waals surface area contributed by atoms with Crippen LogP contribution < -0.4 is 10.6 Å². The minimum absolute atomic E-state index is 0.0112. The van der Waals surface area contributed by atoms with Crippen LogP contribution >= 0.6 is 0 Å². The van der Waals surface area contributed by atoms with Crippen LogP contribution in [0.15, 0.2) is 18.2 Å². The number of hydrogen-bond acceptors (Lipinski definition) is 3. The number of amides is 2. The number of benzene rings is 1. The van der Waals surface area contributed by atoms with Crippen molar-refractivity contribution in [2.24, 2.45) is 0 Å². The second-order valence-corrected chi connectivity index (χ2v) is 6.63. The van der Waals surface area contributed by atoms with Gasteiger partial charge in [0.15, 0.2) is 0 Å². The predicted molar refractivity (Wildman–Crippen MR) is 97.3 cm³/mol. The number of nitrogens with zero attached hydrogens (tertiary/aromatic N) is 1. The van der Waals surface area contributed by atoms with Gasteiger partial charge in [-0.2, -0.15) is 0 Å². The van der Waals surface area contributed by atoms with Crippen LogP contribution in [-0.2, 0) is 4.79 Å². The molecule has 2 N–H and O–H groups in total. The number of carbonyl (C=O) groups is 2. The Kier molecular flexibility index (Phi) is 6.79. The smallest absolute Gasteiger partial charge is 0.254 e. The number of hydrogen-bond donors (Lipinski definition) is 2. The SMILES string of the molecule is CNCCCC(=O)Nc1ccc(C(=O)N2CCCCC2C)cc1C. The van der Waals surface area contributed by atoms with Crippen LogP contribution in [-0.4, -0.2) is 42.9 Å². The molecule has 5 heteroatoms. The van der Waals surface area contributed by atoms with Gasteiger partial charge in [0.1, 0.15) is 0 Å². The number of rotatable bonds is 6. The zero-order valence-corrected chi connectivity index (χ0v) is 15.0. The summed E-state index contributed by atoms with van der Waals surface area (Å²) < 4.78 is 0. The Labute approximate surface area is 144 Å². The number of anilines is 1. The van der Waals surface area contributed by atoms with Gasteiger partial charge in [0.25, 0.3) is 5.91 Å². The van der Waals surface area contributed by atoms with Gasteiger partial charge >= 0.3 is 0 Å². The molecule has 0 aromatic heterocycles.